The Kier molecular flexibility index (Phi) is 4.88. The normalized spacial score (nSPS) is 12.4. The van der Waals surface area contributed by atoms with Crippen LogP contribution in [-0.4, -0.2) is 11.5 Å². The van der Waals surface area contributed by atoms with E-state index in [9.17, 15) is 4.39 Å². The van der Waals surface area contributed by atoms with E-state index in [1.165, 1.54) is 6.07 Å². The quantitative estimate of drug-likeness (QED) is 0.895. The lowest BCUT2D eigenvalue weighted by atomic mass is 10.0. The van der Waals surface area contributed by atoms with Crippen molar-refractivity contribution in [2.45, 2.75) is 19.4 Å². The van der Waals surface area contributed by atoms with E-state index >= 15 is 0 Å². The molecule has 1 aromatic carbocycles. The summed E-state index contributed by atoms with van der Waals surface area (Å²) in [5.41, 5.74) is 1.37. The first-order valence-electron chi connectivity index (χ1n) is 6.31. The Bertz CT molecular complexity index is 531. The summed E-state index contributed by atoms with van der Waals surface area (Å²) in [7, 11) is 0. The van der Waals surface area contributed by atoms with Crippen LogP contribution in [0, 0.1) is 5.82 Å². The van der Waals surface area contributed by atoms with Crippen LogP contribution in [0.25, 0.3) is 0 Å². The molecule has 2 rings (SSSR count). The Morgan fingerprint density at radius 1 is 1.32 bits per heavy atom. The van der Waals surface area contributed by atoms with Crippen LogP contribution < -0.4 is 5.32 Å². The molecule has 0 aliphatic carbocycles. The molecule has 0 amide bonds. The zero-order chi connectivity index (χ0) is 13.7. The third-order valence-electron chi connectivity index (χ3n) is 2.86. The van der Waals surface area contributed by atoms with Crippen LogP contribution in [0.4, 0.5) is 4.39 Å². The molecule has 1 heterocycles. The molecule has 2 nitrogen and oxygen atoms in total. The van der Waals surface area contributed by atoms with Gasteiger partial charge in [-0.05, 0) is 37.2 Å². The van der Waals surface area contributed by atoms with Crippen molar-refractivity contribution in [3.63, 3.8) is 0 Å². The average Bonchev–Trinajstić information content (AvgIpc) is 2.42. The van der Waals surface area contributed by atoms with E-state index < -0.39 is 0 Å². The SMILES string of the molecule is CCCNC(c1ccccn1)c1ccc(Cl)cc1F. The maximum Gasteiger partial charge on any atom is 0.129 e. The molecule has 100 valence electrons. The van der Waals surface area contributed by atoms with Gasteiger partial charge in [0.2, 0.25) is 0 Å². The van der Waals surface area contributed by atoms with Gasteiger partial charge in [0.05, 0.1) is 11.7 Å². The maximum atomic E-state index is 14.1. The molecule has 0 bridgehead atoms. The lowest BCUT2D eigenvalue weighted by Gasteiger charge is -2.19. The Labute approximate surface area is 117 Å². The summed E-state index contributed by atoms with van der Waals surface area (Å²) >= 11 is 5.80. The van der Waals surface area contributed by atoms with Crippen molar-refractivity contribution in [2.75, 3.05) is 6.54 Å². The summed E-state index contributed by atoms with van der Waals surface area (Å²) < 4.78 is 14.1. The number of benzene rings is 1. The van der Waals surface area contributed by atoms with Crippen molar-refractivity contribution >= 4 is 11.6 Å². The zero-order valence-corrected chi connectivity index (χ0v) is 11.5. The molecule has 0 fully saturated rings. The minimum Gasteiger partial charge on any atom is -0.305 e. The average molecular weight is 279 g/mol. The van der Waals surface area contributed by atoms with Gasteiger partial charge in [0.15, 0.2) is 0 Å². The summed E-state index contributed by atoms with van der Waals surface area (Å²) in [6.07, 6.45) is 2.68. The Hall–Kier alpha value is -1.45. The highest BCUT2D eigenvalue weighted by molar-refractivity contribution is 6.30. The van der Waals surface area contributed by atoms with Gasteiger partial charge in [-0.3, -0.25) is 4.98 Å². The van der Waals surface area contributed by atoms with E-state index in [0.717, 1.165) is 18.7 Å². The molecule has 4 heteroatoms. The fraction of sp³-hybridized carbons (Fsp3) is 0.267. The molecule has 1 atom stereocenters. The van der Waals surface area contributed by atoms with Crippen LogP contribution in [0.1, 0.15) is 30.6 Å². The van der Waals surface area contributed by atoms with Crippen LogP contribution in [0.5, 0.6) is 0 Å². The van der Waals surface area contributed by atoms with Gasteiger partial charge in [-0.2, -0.15) is 0 Å². The maximum absolute atomic E-state index is 14.1. The van der Waals surface area contributed by atoms with E-state index in [4.69, 9.17) is 11.6 Å². The van der Waals surface area contributed by atoms with Gasteiger partial charge in [-0.15, -0.1) is 0 Å². The van der Waals surface area contributed by atoms with Crippen molar-refractivity contribution in [1.82, 2.24) is 10.3 Å². The third-order valence-corrected chi connectivity index (χ3v) is 3.09. The fourth-order valence-corrected chi connectivity index (χ4v) is 2.10. The van der Waals surface area contributed by atoms with E-state index in [2.05, 4.69) is 17.2 Å². The molecule has 1 unspecified atom stereocenters. The highest BCUT2D eigenvalue weighted by atomic mass is 35.5. The van der Waals surface area contributed by atoms with Gasteiger partial charge in [0.25, 0.3) is 0 Å². The molecule has 2 aromatic rings. The van der Waals surface area contributed by atoms with Crippen molar-refractivity contribution in [3.05, 3.63) is 64.7 Å². The predicted octanol–water partition coefficient (Wildman–Crippen LogP) is 3.96. The molecule has 0 aliphatic heterocycles. The minimum absolute atomic E-state index is 0.251. The Balaban J connectivity index is 2.37. The van der Waals surface area contributed by atoms with Gasteiger partial charge in [0, 0.05) is 16.8 Å². The van der Waals surface area contributed by atoms with Gasteiger partial charge in [-0.1, -0.05) is 30.7 Å². The number of hydrogen-bond acceptors (Lipinski definition) is 2. The van der Waals surface area contributed by atoms with Crippen molar-refractivity contribution in [3.8, 4) is 0 Å². The second-order valence-electron chi connectivity index (χ2n) is 4.31. The zero-order valence-electron chi connectivity index (χ0n) is 10.7. The number of aromatic nitrogens is 1. The van der Waals surface area contributed by atoms with E-state index in [0.29, 0.717) is 10.6 Å². The molecular formula is C15H16ClFN2. The van der Waals surface area contributed by atoms with Gasteiger partial charge in [-0.25, -0.2) is 4.39 Å². The van der Waals surface area contributed by atoms with Crippen LogP contribution >= 0.6 is 11.6 Å². The van der Waals surface area contributed by atoms with Crippen molar-refractivity contribution in [2.24, 2.45) is 0 Å². The summed E-state index contributed by atoms with van der Waals surface area (Å²) in [6, 6.07) is 10.1. The number of hydrogen-bond donors (Lipinski definition) is 1. The predicted molar refractivity (Wildman–Crippen MR) is 75.8 cm³/mol. The fourth-order valence-electron chi connectivity index (χ4n) is 1.94. The minimum atomic E-state index is -0.313. The number of rotatable bonds is 5. The van der Waals surface area contributed by atoms with E-state index in [1.54, 1.807) is 18.3 Å². The van der Waals surface area contributed by atoms with Crippen molar-refractivity contribution < 1.29 is 4.39 Å². The van der Waals surface area contributed by atoms with Gasteiger partial charge < -0.3 is 5.32 Å². The Morgan fingerprint density at radius 2 is 2.16 bits per heavy atom. The molecule has 19 heavy (non-hydrogen) atoms. The number of pyridine rings is 1. The summed E-state index contributed by atoms with van der Waals surface area (Å²) in [5, 5.41) is 3.72. The summed E-state index contributed by atoms with van der Waals surface area (Å²) in [5.74, 6) is -0.313. The topological polar surface area (TPSA) is 24.9 Å². The van der Waals surface area contributed by atoms with Gasteiger partial charge in [0.1, 0.15) is 5.82 Å². The Morgan fingerprint density at radius 3 is 2.79 bits per heavy atom. The monoisotopic (exact) mass is 278 g/mol. The van der Waals surface area contributed by atoms with Crippen LogP contribution in [-0.2, 0) is 0 Å². The molecule has 1 aromatic heterocycles. The first-order valence-corrected chi connectivity index (χ1v) is 6.69. The first kappa shape index (κ1) is 14.0. The second-order valence-corrected chi connectivity index (χ2v) is 4.74. The number of nitrogens with zero attached hydrogens (tertiary/aromatic N) is 1. The van der Waals surface area contributed by atoms with Crippen LogP contribution in [0.3, 0.4) is 0 Å². The summed E-state index contributed by atoms with van der Waals surface area (Å²) in [4.78, 5) is 4.31. The molecule has 0 aliphatic rings. The van der Waals surface area contributed by atoms with E-state index in [-0.39, 0.29) is 11.9 Å². The van der Waals surface area contributed by atoms with Crippen LogP contribution in [0.2, 0.25) is 5.02 Å². The van der Waals surface area contributed by atoms with E-state index in [1.807, 2.05) is 18.2 Å². The molecule has 0 radical (unpaired) electrons. The summed E-state index contributed by atoms with van der Waals surface area (Å²) in [6.45, 7) is 2.87. The van der Waals surface area contributed by atoms with Crippen LogP contribution in [0.15, 0.2) is 42.6 Å². The first-order chi connectivity index (χ1) is 9.22. The largest absolute Gasteiger partial charge is 0.305 e. The third kappa shape index (κ3) is 3.52. The smallest absolute Gasteiger partial charge is 0.129 e. The molecule has 0 saturated heterocycles. The molecular weight excluding hydrogens is 263 g/mol. The highest BCUT2D eigenvalue weighted by Gasteiger charge is 2.18. The van der Waals surface area contributed by atoms with Crippen molar-refractivity contribution in [1.29, 1.82) is 0 Å². The molecule has 1 N–H and O–H groups in total. The number of halogens is 2. The lowest BCUT2D eigenvalue weighted by Crippen LogP contribution is -2.24. The highest BCUT2D eigenvalue weighted by Crippen LogP contribution is 2.25. The standard InChI is InChI=1S/C15H16ClFN2/c1-2-8-19-15(14-5-3-4-9-18-14)12-7-6-11(16)10-13(12)17/h3-7,9-10,15,19H,2,8H2,1H3. The number of nitrogens with one attached hydrogen (secondary N) is 1. The molecule has 0 saturated carbocycles. The lowest BCUT2D eigenvalue weighted by molar-refractivity contribution is 0.539. The van der Waals surface area contributed by atoms with Gasteiger partial charge >= 0.3 is 0 Å². The molecule has 0 spiro atoms. The second kappa shape index (κ2) is 6.64.